The number of carbonyl (C=O) groups is 1. The van der Waals surface area contributed by atoms with E-state index < -0.39 is 0 Å². The Morgan fingerprint density at radius 1 is 1.25 bits per heavy atom. The first-order valence-electron chi connectivity index (χ1n) is 6.53. The van der Waals surface area contributed by atoms with Crippen LogP contribution in [0.25, 0.3) is 0 Å². The van der Waals surface area contributed by atoms with Gasteiger partial charge in [-0.25, -0.2) is 4.79 Å². The summed E-state index contributed by atoms with van der Waals surface area (Å²) in [5, 5.41) is 2.89. The summed E-state index contributed by atoms with van der Waals surface area (Å²) in [7, 11) is 0. The van der Waals surface area contributed by atoms with E-state index in [1.807, 2.05) is 37.4 Å². The number of aromatic nitrogens is 1. The summed E-state index contributed by atoms with van der Waals surface area (Å²) >= 11 is 3.46. The van der Waals surface area contributed by atoms with Crippen LogP contribution >= 0.6 is 15.9 Å². The minimum atomic E-state index is -0.156. The molecule has 1 N–H and O–H groups in total. The van der Waals surface area contributed by atoms with Gasteiger partial charge in [-0.05, 0) is 41.7 Å². The van der Waals surface area contributed by atoms with Crippen molar-refractivity contribution in [1.82, 2.24) is 4.57 Å². The van der Waals surface area contributed by atoms with Crippen molar-refractivity contribution in [2.24, 2.45) is 0 Å². The van der Waals surface area contributed by atoms with Gasteiger partial charge in [-0.15, -0.1) is 0 Å². The maximum Gasteiger partial charge on any atom is 0.329 e. The molecule has 2 aromatic rings. The molecule has 0 saturated carbocycles. The summed E-state index contributed by atoms with van der Waals surface area (Å²) in [5.74, 6) is 0. The van der Waals surface area contributed by atoms with Crippen molar-refractivity contribution >= 4 is 27.6 Å². The van der Waals surface area contributed by atoms with Crippen LogP contribution in [0.5, 0.6) is 0 Å². The highest BCUT2D eigenvalue weighted by molar-refractivity contribution is 9.10. The quantitative estimate of drug-likeness (QED) is 0.787. The average molecular weight is 335 g/mol. The molecule has 0 aliphatic rings. The SMILES string of the molecule is Cc1ccc(NC(=O)n2ccc(C(C)(C)C)c2)cc1Br. The van der Waals surface area contributed by atoms with Crippen LogP contribution in [-0.4, -0.2) is 10.6 Å². The van der Waals surface area contributed by atoms with E-state index in [1.165, 1.54) is 0 Å². The summed E-state index contributed by atoms with van der Waals surface area (Å²) in [4.78, 5) is 12.2. The topological polar surface area (TPSA) is 34.0 Å². The zero-order valence-corrected chi connectivity index (χ0v) is 13.8. The molecule has 1 aromatic heterocycles. The number of halogens is 1. The number of rotatable bonds is 1. The molecule has 1 amide bonds. The molecule has 3 nitrogen and oxygen atoms in total. The lowest BCUT2D eigenvalue weighted by molar-refractivity contribution is 0.253. The summed E-state index contributed by atoms with van der Waals surface area (Å²) in [6.45, 7) is 8.39. The van der Waals surface area contributed by atoms with Gasteiger partial charge in [0, 0.05) is 22.6 Å². The molecule has 1 heterocycles. The van der Waals surface area contributed by atoms with E-state index in [2.05, 4.69) is 42.0 Å². The molecule has 20 heavy (non-hydrogen) atoms. The van der Waals surface area contributed by atoms with Crippen LogP contribution in [0.15, 0.2) is 41.1 Å². The highest BCUT2D eigenvalue weighted by Gasteiger charge is 2.16. The zero-order valence-electron chi connectivity index (χ0n) is 12.2. The molecular weight excluding hydrogens is 316 g/mol. The zero-order chi connectivity index (χ0) is 14.9. The van der Waals surface area contributed by atoms with Gasteiger partial charge in [0.2, 0.25) is 0 Å². The Hall–Kier alpha value is -1.55. The van der Waals surface area contributed by atoms with Crippen molar-refractivity contribution in [1.29, 1.82) is 0 Å². The fraction of sp³-hybridized carbons (Fsp3) is 0.312. The lowest BCUT2D eigenvalue weighted by Gasteiger charge is -2.16. The van der Waals surface area contributed by atoms with Gasteiger partial charge < -0.3 is 5.32 Å². The summed E-state index contributed by atoms with van der Waals surface area (Å²) in [6.07, 6.45) is 3.66. The maximum absolute atomic E-state index is 12.2. The molecule has 0 atom stereocenters. The number of aryl methyl sites for hydroxylation is 1. The molecule has 0 aliphatic heterocycles. The molecule has 4 heteroatoms. The van der Waals surface area contributed by atoms with Crippen LogP contribution in [0.1, 0.15) is 31.9 Å². The molecule has 106 valence electrons. The smallest absolute Gasteiger partial charge is 0.307 e. The van der Waals surface area contributed by atoms with Gasteiger partial charge in [0.1, 0.15) is 0 Å². The Kier molecular flexibility index (Phi) is 4.04. The number of benzene rings is 1. The van der Waals surface area contributed by atoms with Crippen molar-refractivity contribution in [2.45, 2.75) is 33.1 Å². The number of hydrogen-bond donors (Lipinski definition) is 1. The normalized spacial score (nSPS) is 11.4. The van der Waals surface area contributed by atoms with Gasteiger partial charge in [-0.2, -0.15) is 0 Å². The van der Waals surface area contributed by atoms with Crippen molar-refractivity contribution < 1.29 is 4.79 Å². The minimum Gasteiger partial charge on any atom is -0.307 e. The van der Waals surface area contributed by atoms with E-state index in [4.69, 9.17) is 0 Å². The van der Waals surface area contributed by atoms with Gasteiger partial charge in [0.05, 0.1) is 0 Å². The maximum atomic E-state index is 12.2. The van der Waals surface area contributed by atoms with Crippen LogP contribution in [0.4, 0.5) is 10.5 Å². The van der Waals surface area contributed by atoms with Crippen molar-refractivity contribution in [3.8, 4) is 0 Å². The first-order valence-corrected chi connectivity index (χ1v) is 7.32. The van der Waals surface area contributed by atoms with E-state index in [0.29, 0.717) is 0 Å². The molecule has 2 rings (SSSR count). The predicted octanol–water partition coefficient (Wildman–Crippen LogP) is 4.94. The molecule has 0 radical (unpaired) electrons. The second-order valence-corrected chi connectivity index (χ2v) is 6.81. The Balaban J connectivity index is 2.16. The van der Waals surface area contributed by atoms with Crippen LogP contribution in [0.3, 0.4) is 0 Å². The largest absolute Gasteiger partial charge is 0.329 e. The van der Waals surface area contributed by atoms with E-state index in [0.717, 1.165) is 21.3 Å². The highest BCUT2D eigenvalue weighted by Crippen LogP contribution is 2.23. The first-order chi connectivity index (χ1) is 9.27. The number of nitrogens with one attached hydrogen (secondary N) is 1. The van der Waals surface area contributed by atoms with Crippen molar-refractivity contribution in [2.75, 3.05) is 5.32 Å². The standard InChI is InChI=1S/C16H19BrN2O/c1-11-5-6-13(9-14(11)17)18-15(20)19-8-7-12(10-19)16(2,3)4/h5-10H,1-4H3,(H,18,20). The second kappa shape index (κ2) is 5.44. The van der Waals surface area contributed by atoms with E-state index in [-0.39, 0.29) is 11.4 Å². The molecule has 0 bridgehead atoms. The molecular formula is C16H19BrN2O. The lowest BCUT2D eigenvalue weighted by atomic mass is 9.89. The summed E-state index contributed by atoms with van der Waals surface area (Å²) in [6, 6.07) is 7.59. The minimum absolute atomic E-state index is 0.0401. The van der Waals surface area contributed by atoms with Crippen LogP contribution < -0.4 is 5.32 Å². The summed E-state index contributed by atoms with van der Waals surface area (Å²) in [5.41, 5.74) is 3.09. The number of nitrogens with zero attached hydrogens (tertiary/aromatic N) is 1. The average Bonchev–Trinajstić information content (AvgIpc) is 2.83. The van der Waals surface area contributed by atoms with Gasteiger partial charge in [0.25, 0.3) is 0 Å². The molecule has 0 unspecified atom stereocenters. The number of hydrogen-bond acceptors (Lipinski definition) is 1. The highest BCUT2D eigenvalue weighted by atomic mass is 79.9. The Morgan fingerprint density at radius 2 is 1.95 bits per heavy atom. The van der Waals surface area contributed by atoms with Crippen LogP contribution in [-0.2, 0) is 5.41 Å². The molecule has 1 aromatic carbocycles. The lowest BCUT2D eigenvalue weighted by Crippen LogP contribution is -2.18. The molecule has 0 fully saturated rings. The van der Waals surface area contributed by atoms with E-state index >= 15 is 0 Å². The summed E-state index contributed by atoms with van der Waals surface area (Å²) < 4.78 is 2.56. The van der Waals surface area contributed by atoms with Crippen molar-refractivity contribution in [3.63, 3.8) is 0 Å². The molecule has 0 spiro atoms. The van der Waals surface area contributed by atoms with E-state index in [1.54, 1.807) is 10.8 Å². The number of amides is 1. The van der Waals surface area contributed by atoms with Gasteiger partial charge in [-0.1, -0.05) is 42.8 Å². The van der Waals surface area contributed by atoms with Gasteiger partial charge in [0.15, 0.2) is 0 Å². The molecule has 0 aliphatic carbocycles. The van der Waals surface area contributed by atoms with Crippen LogP contribution in [0.2, 0.25) is 0 Å². The predicted molar refractivity (Wildman–Crippen MR) is 86.4 cm³/mol. The Bertz CT molecular complexity index is 638. The van der Waals surface area contributed by atoms with E-state index in [9.17, 15) is 4.79 Å². The van der Waals surface area contributed by atoms with Gasteiger partial charge in [-0.3, -0.25) is 4.57 Å². The Labute approximate surface area is 128 Å². The van der Waals surface area contributed by atoms with Crippen molar-refractivity contribution in [3.05, 3.63) is 52.3 Å². The fourth-order valence-electron chi connectivity index (χ4n) is 1.83. The Morgan fingerprint density at radius 3 is 2.50 bits per heavy atom. The fourth-order valence-corrected chi connectivity index (χ4v) is 2.20. The third-order valence-electron chi connectivity index (χ3n) is 3.22. The third-order valence-corrected chi connectivity index (χ3v) is 4.07. The van der Waals surface area contributed by atoms with Crippen LogP contribution in [0, 0.1) is 6.92 Å². The number of carbonyl (C=O) groups excluding carboxylic acids is 1. The molecule has 0 saturated heterocycles. The second-order valence-electron chi connectivity index (χ2n) is 5.95. The first kappa shape index (κ1) is 14.9. The monoisotopic (exact) mass is 334 g/mol. The third kappa shape index (κ3) is 3.31. The van der Waals surface area contributed by atoms with Gasteiger partial charge >= 0.3 is 6.03 Å². The number of anilines is 1.